The first kappa shape index (κ1) is 14.1. The van der Waals surface area contributed by atoms with E-state index in [1.807, 2.05) is 30.3 Å². The molecular weight excluding hydrogens is 254 g/mol. The third-order valence-corrected chi connectivity index (χ3v) is 3.01. The van der Waals surface area contributed by atoms with Gasteiger partial charge in [0.15, 0.2) is 0 Å². The second kappa shape index (κ2) is 6.73. The van der Waals surface area contributed by atoms with Gasteiger partial charge in [-0.25, -0.2) is 0 Å². The van der Waals surface area contributed by atoms with Gasteiger partial charge in [0.25, 0.3) is 0 Å². The van der Waals surface area contributed by atoms with E-state index in [2.05, 4.69) is 5.16 Å². The maximum atomic E-state index is 9.99. The van der Waals surface area contributed by atoms with Crippen LogP contribution in [0.2, 0.25) is 0 Å². The van der Waals surface area contributed by atoms with E-state index in [1.54, 1.807) is 31.2 Å². The van der Waals surface area contributed by atoms with Crippen molar-refractivity contribution in [3.8, 4) is 5.75 Å². The number of hydrogen-bond acceptors (Lipinski definition) is 4. The lowest BCUT2D eigenvalue weighted by molar-refractivity contribution is 0.108. The third-order valence-electron chi connectivity index (χ3n) is 3.01. The van der Waals surface area contributed by atoms with E-state index in [0.29, 0.717) is 11.5 Å². The molecule has 0 heterocycles. The van der Waals surface area contributed by atoms with E-state index in [-0.39, 0.29) is 6.61 Å². The fraction of sp³-hybridized carbons (Fsp3) is 0.188. The fourth-order valence-corrected chi connectivity index (χ4v) is 1.80. The number of hydrogen-bond donors (Lipinski definition) is 2. The van der Waals surface area contributed by atoms with Crippen molar-refractivity contribution in [1.82, 2.24) is 0 Å². The number of nitrogens with zero attached hydrogens (tertiary/aromatic N) is 1. The maximum Gasteiger partial charge on any atom is 0.119 e. The molecule has 0 radical (unpaired) electrons. The van der Waals surface area contributed by atoms with Crippen LogP contribution in [-0.2, 0) is 0 Å². The van der Waals surface area contributed by atoms with Crippen molar-refractivity contribution in [2.24, 2.45) is 5.16 Å². The second-order valence-corrected chi connectivity index (χ2v) is 4.45. The Morgan fingerprint density at radius 2 is 1.75 bits per heavy atom. The van der Waals surface area contributed by atoms with Gasteiger partial charge in [0.2, 0.25) is 0 Å². The van der Waals surface area contributed by atoms with Gasteiger partial charge in [0.05, 0.1) is 5.71 Å². The van der Waals surface area contributed by atoms with Crippen LogP contribution in [0, 0.1) is 0 Å². The summed E-state index contributed by atoms with van der Waals surface area (Å²) >= 11 is 0. The van der Waals surface area contributed by atoms with Crippen molar-refractivity contribution >= 4 is 5.71 Å². The highest BCUT2D eigenvalue weighted by Crippen LogP contribution is 2.17. The summed E-state index contributed by atoms with van der Waals surface area (Å²) in [7, 11) is 0. The summed E-state index contributed by atoms with van der Waals surface area (Å²) in [6, 6.07) is 16.5. The lowest BCUT2D eigenvalue weighted by atomic mass is 10.1. The summed E-state index contributed by atoms with van der Waals surface area (Å²) < 4.78 is 5.54. The average molecular weight is 271 g/mol. The number of oxime groups is 1. The van der Waals surface area contributed by atoms with Crippen molar-refractivity contribution in [2.75, 3.05) is 6.61 Å². The topological polar surface area (TPSA) is 62.1 Å². The fourth-order valence-electron chi connectivity index (χ4n) is 1.80. The van der Waals surface area contributed by atoms with E-state index in [4.69, 9.17) is 9.94 Å². The van der Waals surface area contributed by atoms with Gasteiger partial charge in [-0.05, 0) is 42.3 Å². The number of rotatable bonds is 5. The van der Waals surface area contributed by atoms with Gasteiger partial charge in [-0.1, -0.05) is 35.5 Å². The molecule has 104 valence electrons. The van der Waals surface area contributed by atoms with Crippen LogP contribution in [0.25, 0.3) is 0 Å². The molecule has 0 bridgehead atoms. The molecule has 4 nitrogen and oxygen atoms in total. The SMILES string of the molecule is C/C(=N\O)c1ccc(OCC(O)c2ccccc2)cc1. The first-order chi connectivity index (χ1) is 9.70. The van der Waals surface area contributed by atoms with Gasteiger partial charge in [0.1, 0.15) is 18.5 Å². The predicted octanol–water partition coefficient (Wildman–Crippen LogP) is 3.00. The minimum Gasteiger partial charge on any atom is -0.491 e. The van der Waals surface area contributed by atoms with Crippen molar-refractivity contribution in [1.29, 1.82) is 0 Å². The van der Waals surface area contributed by atoms with Crippen molar-refractivity contribution < 1.29 is 15.1 Å². The van der Waals surface area contributed by atoms with E-state index in [9.17, 15) is 5.11 Å². The molecule has 2 rings (SSSR count). The van der Waals surface area contributed by atoms with Crippen molar-refractivity contribution in [3.63, 3.8) is 0 Å². The lowest BCUT2D eigenvalue weighted by Crippen LogP contribution is -2.09. The van der Waals surface area contributed by atoms with Gasteiger partial charge in [0, 0.05) is 0 Å². The summed E-state index contributed by atoms with van der Waals surface area (Å²) in [4.78, 5) is 0. The van der Waals surface area contributed by atoms with Crippen LogP contribution < -0.4 is 4.74 Å². The molecule has 0 aliphatic heterocycles. The van der Waals surface area contributed by atoms with Gasteiger partial charge >= 0.3 is 0 Å². The molecule has 0 aliphatic carbocycles. The molecule has 0 aromatic heterocycles. The highest BCUT2D eigenvalue weighted by Gasteiger charge is 2.07. The first-order valence-corrected chi connectivity index (χ1v) is 6.35. The molecule has 0 aliphatic rings. The summed E-state index contributed by atoms with van der Waals surface area (Å²) in [6.07, 6.45) is -0.656. The van der Waals surface area contributed by atoms with E-state index >= 15 is 0 Å². The molecule has 0 fully saturated rings. The van der Waals surface area contributed by atoms with Gasteiger partial charge < -0.3 is 15.1 Å². The Labute approximate surface area is 117 Å². The van der Waals surface area contributed by atoms with Crippen LogP contribution in [0.15, 0.2) is 59.8 Å². The highest BCUT2D eigenvalue weighted by atomic mass is 16.5. The molecular formula is C16H17NO3. The lowest BCUT2D eigenvalue weighted by Gasteiger charge is -2.12. The maximum absolute atomic E-state index is 9.99. The number of benzene rings is 2. The van der Waals surface area contributed by atoms with Gasteiger partial charge in [-0.15, -0.1) is 0 Å². The molecule has 20 heavy (non-hydrogen) atoms. The van der Waals surface area contributed by atoms with Gasteiger partial charge in [-0.2, -0.15) is 0 Å². The molecule has 2 N–H and O–H groups in total. The first-order valence-electron chi connectivity index (χ1n) is 6.35. The van der Waals surface area contributed by atoms with Crippen molar-refractivity contribution in [3.05, 3.63) is 65.7 Å². The minimum absolute atomic E-state index is 0.191. The normalized spacial score (nSPS) is 13.0. The van der Waals surface area contributed by atoms with Crippen LogP contribution in [0.1, 0.15) is 24.2 Å². The molecule has 2 aromatic carbocycles. The highest BCUT2D eigenvalue weighted by molar-refractivity contribution is 5.98. The molecule has 0 saturated heterocycles. The van der Waals surface area contributed by atoms with Crippen molar-refractivity contribution in [2.45, 2.75) is 13.0 Å². The van der Waals surface area contributed by atoms with Crippen LogP contribution in [0.4, 0.5) is 0 Å². The zero-order valence-electron chi connectivity index (χ0n) is 11.2. The smallest absolute Gasteiger partial charge is 0.119 e. The monoisotopic (exact) mass is 271 g/mol. The van der Waals surface area contributed by atoms with Crippen LogP contribution >= 0.6 is 0 Å². The van der Waals surface area contributed by atoms with E-state index in [0.717, 1.165) is 11.1 Å². The zero-order valence-corrected chi connectivity index (χ0v) is 11.2. The molecule has 0 spiro atoms. The molecule has 2 aromatic rings. The number of ether oxygens (including phenoxy) is 1. The molecule has 1 atom stereocenters. The summed E-state index contributed by atoms with van der Waals surface area (Å²) in [5, 5.41) is 21.8. The molecule has 1 unspecified atom stereocenters. The summed E-state index contributed by atoms with van der Waals surface area (Å²) in [5.41, 5.74) is 2.19. The Bertz CT molecular complexity index is 564. The number of aliphatic hydroxyl groups excluding tert-OH is 1. The summed E-state index contributed by atoms with van der Waals surface area (Å²) in [5.74, 6) is 0.662. The van der Waals surface area contributed by atoms with Crippen LogP contribution in [0.3, 0.4) is 0 Å². The second-order valence-electron chi connectivity index (χ2n) is 4.45. The predicted molar refractivity (Wildman–Crippen MR) is 77.3 cm³/mol. The Morgan fingerprint density at radius 1 is 1.10 bits per heavy atom. The standard InChI is InChI=1S/C16H17NO3/c1-12(17-19)13-7-9-15(10-8-13)20-11-16(18)14-5-3-2-4-6-14/h2-10,16,18-19H,11H2,1H3/b17-12+. The van der Waals surface area contributed by atoms with Gasteiger partial charge in [-0.3, -0.25) is 0 Å². The average Bonchev–Trinajstić information content (AvgIpc) is 2.53. The molecule has 0 saturated carbocycles. The van der Waals surface area contributed by atoms with Crippen LogP contribution in [0.5, 0.6) is 5.75 Å². The molecule has 4 heteroatoms. The quantitative estimate of drug-likeness (QED) is 0.499. The van der Waals surface area contributed by atoms with E-state index in [1.165, 1.54) is 0 Å². The third kappa shape index (κ3) is 3.59. The Hall–Kier alpha value is -2.33. The largest absolute Gasteiger partial charge is 0.491 e. The minimum atomic E-state index is -0.656. The Morgan fingerprint density at radius 3 is 2.35 bits per heavy atom. The summed E-state index contributed by atoms with van der Waals surface area (Å²) in [6.45, 7) is 1.91. The van der Waals surface area contributed by atoms with Crippen LogP contribution in [-0.4, -0.2) is 22.6 Å². The van der Waals surface area contributed by atoms with E-state index < -0.39 is 6.10 Å². The number of aliphatic hydroxyl groups is 1. The zero-order chi connectivity index (χ0) is 14.4. The Kier molecular flexibility index (Phi) is 4.74. The Balaban J connectivity index is 1.94. The molecule has 0 amide bonds.